The van der Waals surface area contributed by atoms with Gasteiger partial charge in [-0.2, -0.15) is 0 Å². The number of amides is 1. The molecule has 1 saturated carbocycles. The first-order chi connectivity index (χ1) is 14.0. The number of nitrogens with one attached hydrogen (secondary N) is 2. The van der Waals surface area contributed by atoms with Crippen molar-refractivity contribution < 1.29 is 13.6 Å². The second kappa shape index (κ2) is 8.13. The lowest BCUT2D eigenvalue weighted by molar-refractivity contribution is 0.102. The van der Waals surface area contributed by atoms with Gasteiger partial charge < -0.3 is 10.6 Å². The minimum Gasteiger partial charge on any atom is -0.322 e. The van der Waals surface area contributed by atoms with E-state index in [2.05, 4.69) is 10.6 Å². The van der Waals surface area contributed by atoms with Gasteiger partial charge in [-0.15, -0.1) is 0 Å². The number of benzene rings is 3. The van der Waals surface area contributed by atoms with E-state index in [1.54, 1.807) is 12.1 Å². The molecule has 0 radical (unpaired) electrons. The highest BCUT2D eigenvalue weighted by Gasteiger charge is 2.38. The van der Waals surface area contributed by atoms with Gasteiger partial charge in [0.25, 0.3) is 5.91 Å². The molecule has 0 saturated heterocycles. The molecule has 0 bridgehead atoms. The van der Waals surface area contributed by atoms with Gasteiger partial charge in [-0.25, -0.2) is 8.78 Å². The molecule has 2 atom stereocenters. The van der Waals surface area contributed by atoms with Crippen molar-refractivity contribution in [2.75, 3.05) is 5.32 Å². The Kier molecular flexibility index (Phi) is 5.41. The lowest BCUT2D eigenvalue weighted by Crippen LogP contribution is -2.18. The number of carbonyl (C=O) groups is 1. The quantitative estimate of drug-likeness (QED) is 0.608. The van der Waals surface area contributed by atoms with Gasteiger partial charge in [0.1, 0.15) is 0 Å². The molecule has 148 valence electrons. The van der Waals surface area contributed by atoms with Gasteiger partial charge in [-0.05, 0) is 60.9 Å². The monoisotopic (exact) mass is 392 g/mol. The minimum atomic E-state index is -0.820. The highest BCUT2D eigenvalue weighted by molar-refractivity contribution is 6.04. The van der Waals surface area contributed by atoms with Crippen molar-refractivity contribution in [1.29, 1.82) is 0 Å². The summed E-state index contributed by atoms with van der Waals surface area (Å²) in [6, 6.07) is 19.5. The number of carbonyl (C=O) groups excluding carboxylic acids is 1. The molecule has 4 rings (SSSR count). The van der Waals surface area contributed by atoms with Crippen molar-refractivity contribution in [2.45, 2.75) is 31.8 Å². The van der Waals surface area contributed by atoms with Crippen molar-refractivity contribution in [3.8, 4) is 0 Å². The normalized spacial score (nSPS) is 17.8. The Hall–Kier alpha value is -3.05. The van der Waals surface area contributed by atoms with Crippen LogP contribution in [0, 0.1) is 18.6 Å². The Morgan fingerprint density at radius 3 is 2.55 bits per heavy atom. The molecule has 5 heteroatoms. The van der Waals surface area contributed by atoms with Gasteiger partial charge >= 0.3 is 0 Å². The van der Waals surface area contributed by atoms with Gasteiger partial charge in [-0.1, -0.05) is 35.9 Å². The standard InChI is InChI=1S/C24H22F2N2O/c1-15-5-8-19(9-6-15)28-24(29)18-4-2-3-16(11-18)14-27-23-13-20(23)17-7-10-21(25)22(26)12-17/h2-12,20,23,27H,13-14H2,1H3,(H,28,29)/t20-,23+/m0/s1. The first-order valence-electron chi connectivity index (χ1n) is 9.65. The molecule has 0 heterocycles. The molecule has 0 aromatic heterocycles. The third kappa shape index (κ3) is 4.69. The van der Waals surface area contributed by atoms with Crippen LogP contribution in [0.2, 0.25) is 0 Å². The van der Waals surface area contributed by atoms with Crippen molar-refractivity contribution in [3.05, 3.63) is 101 Å². The first kappa shape index (κ1) is 19.3. The average molecular weight is 392 g/mol. The van der Waals surface area contributed by atoms with Gasteiger partial charge in [-0.3, -0.25) is 4.79 Å². The van der Waals surface area contributed by atoms with E-state index in [1.807, 2.05) is 49.4 Å². The fraction of sp³-hybridized carbons (Fsp3) is 0.208. The molecule has 1 aliphatic rings. The number of aryl methyl sites for hydroxylation is 1. The summed E-state index contributed by atoms with van der Waals surface area (Å²) in [6.07, 6.45) is 0.888. The molecule has 3 aromatic rings. The van der Waals surface area contributed by atoms with E-state index in [4.69, 9.17) is 0 Å². The van der Waals surface area contributed by atoms with Crippen LogP contribution in [0.1, 0.15) is 39.4 Å². The zero-order valence-electron chi connectivity index (χ0n) is 16.1. The smallest absolute Gasteiger partial charge is 0.255 e. The molecule has 0 unspecified atom stereocenters. The number of halogens is 2. The van der Waals surface area contributed by atoms with Crippen LogP contribution in [0.4, 0.5) is 14.5 Å². The van der Waals surface area contributed by atoms with Crippen LogP contribution >= 0.6 is 0 Å². The van der Waals surface area contributed by atoms with E-state index in [1.165, 1.54) is 12.1 Å². The molecule has 0 aliphatic heterocycles. The Morgan fingerprint density at radius 2 is 1.79 bits per heavy atom. The van der Waals surface area contributed by atoms with Crippen LogP contribution in [0.25, 0.3) is 0 Å². The summed E-state index contributed by atoms with van der Waals surface area (Å²) < 4.78 is 26.5. The SMILES string of the molecule is Cc1ccc(NC(=O)c2cccc(CN[C@@H]3C[C@H]3c3ccc(F)c(F)c3)c2)cc1. The Bertz CT molecular complexity index is 1030. The third-order valence-corrected chi connectivity index (χ3v) is 5.23. The lowest BCUT2D eigenvalue weighted by Gasteiger charge is -2.09. The molecule has 3 nitrogen and oxygen atoms in total. The van der Waals surface area contributed by atoms with Gasteiger partial charge in [0.15, 0.2) is 11.6 Å². The van der Waals surface area contributed by atoms with E-state index in [9.17, 15) is 13.6 Å². The van der Waals surface area contributed by atoms with Crippen LogP contribution in [0.5, 0.6) is 0 Å². The highest BCUT2D eigenvalue weighted by Crippen LogP contribution is 2.41. The molecule has 0 spiro atoms. The number of anilines is 1. The van der Waals surface area contributed by atoms with E-state index >= 15 is 0 Å². The summed E-state index contributed by atoms with van der Waals surface area (Å²) in [4.78, 5) is 12.5. The summed E-state index contributed by atoms with van der Waals surface area (Å²) in [5, 5.41) is 6.33. The molecule has 1 aliphatic carbocycles. The summed E-state index contributed by atoms with van der Waals surface area (Å²) in [5.74, 6) is -1.58. The largest absolute Gasteiger partial charge is 0.322 e. The van der Waals surface area contributed by atoms with E-state index in [0.717, 1.165) is 28.8 Å². The van der Waals surface area contributed by atoms with Crippen LogP contribution in [0.3, 0.4) is 0 Å². The van der Waals surface area contributed by atoms with Gasteiger partial charge in [0.05, 0.1) is 0 Å². The molecule has 3 aromatic carbocycles. The maximum absolute atomic E-state index is 13.4. The van der Waals surface area contributed by atoms with Crippen LogP contribution in [-0.4, -0.2) is 11.9 Å². The van der Waals surface area contributed by atoms with Gasteiger partial charge in [0, 0.05) is 29.8 Å². The molecular weight excluding hydrogens is 370 g/mol. The Labute approximate surface area is 168 Å². The molecule has 1 amide bonds. The number of hydrogen-bond donors (Lipinski definition) is 2. The van der Waals surface area contributed by atoms with Crippen molar-refractivity contribution in [3.63, 3.8) is 0 Å². The molecule has 2 N–H and O–H groups in total. The topological polar surface area (TPSA) is 41.1 Å². The lowest BCUT2D eigenvalue weighted by atomic mass is 10.1. The maximum Gasteiger partial charge on any atom is 0.255 e. The predicted octanol–water partition coefficient (Wildman–Crippen LogP) is 5.17. The Balaban J connectivity index is 1.34. The van der Waals surface area contributed by atoms with Gasteiger partial charge in [0.2, 0.25) is 0 Å². The summed E-state index contributed by atoms with van der Waals surface area (Å²) >= 11 is 0. The highest BCUT2D eigenvalue weighted by atomic mass is 19.2. The summed E-state index contributed by atoms with van der Waals surface area (Å²) in [6.45, 7) is 2.61. The zero-order chi connectivity index (χ0) is 20.4. The van der Waals surface area contributed by atoms with E-state index < -0.39 is 11.6 Å². The van der Waals surface area contributed by atoms with Crippen molar-refractivity contribution in [2.24, 2.45) is 0 Å². The fourth-order valence-corrected chi connectivity index (χ4v) is 3.44. The maximum atomic E-state index is 13.4. The predicted molar refractivity (Wildman–Crippen MR) is 110 cm³/mol. The van der Waals surface area contributed by atoms with Crippen molar-refractivity contribution >= 4 is 11.6 Å². The first-order valence-corrected chi connectivity index (χ1v) is 9.65. The molecule has 1 fully saturated rings. The zero-order valence-corrected chi connectivity index (χ0v) is 16.1. The molecular formula is C24H22F2N2O. The molecule has 29 heavy (non-hydrogen) atoms. The fourth-order valence-electron chi connectivity index (χ4n) is 3.44. The Morgan fingerprint density at radius 1 is 1.00 bits per heavy atom. The van der Waals surface area contributed by atoms with E-state index in [-0.39, 0.29) is 17.9 Å². The summed E-state index contributed by atoms with van der Waals surface area (Å²) in [7, 11) is 0. The second-order valence-corrected chi connectivity index (χ2v) is 7.52. The second-order valence-electron chi connectivity index (χ2n) is 7.52. The minimum absolute atomic E-state index is 0.151. The van der Waals surface area contributed by atoms with Crippen LogP contribution in [0.15, 0.2) is 66.7 Å². The van der Waals surface area contributed by atoms with E-state index in [0.29, 0.717) is 12.1 Å². The summed E-state index contributed by atoms with van der Waals surface area (Å²) in [5.41, 5.74) is 4.30. The number of hydrogen-bond acceptors (Lipinski definition) is 2. The van der Waals surface area contributed by atoms with Crippen molar-refractivity contribution in [1.82, 2.24) is 5.32 Å². The average Bonchev–Trinajstić information content (AvgIpc) is 3.50. The number of rotatable bonds is 6. The van der Waals surface area contributed by atoms with Crippen LogP contribution in [-0.2, 0) is 6.54 Å². The van der Waals surface area contributed by atoms with Crippen LogP contribution < -0.4 is 10.6 Å². The third-order valence-electron chi connectivity index (χ3n) is 5.23.